The van der Waals surface area contributed by atoms with Gasteiger partial charge in [0.2, 0.25) is 0 Å². The molecule has 0 atom stereocenters. The number of aromatic nitrogens is 1. The van der Waals surface area contributed by atoms with E-state index in [4.69, 9.17) is 9.47 Å². The van der Waals surface area contributed by atoms with Crippen molar-refractivity contribution >= 4 is 21.6 Å². The fourth-order valence-electron chi connectivity index (χ4n) is 1.94. The highest BCUT2D eigenvalue weighted by Crippen LogP contribution is 2.31. The molecule has 0 aliphatic heterocycles. The van der Waals surface area contributed by atoms with Gasteiger partial charge in [-0.15, -0.1) is 0 Å². The Hall–Kier alpha value is -1.75. The third-order valence-corrected chi connectivity index (χ3v) is 3.81. The van der Waals surface area contributed by atoms with Crippen LogP contribution in [0.15, 0.2) is 35.1 Å². The molecule has 1 aromatic heterocycles. The average molecular weight is 337 g/mol. The molecule has 0 bridgehead atoms. The molecular weight excluding hydrogens is 320 g/mol. The highest BCUT2D eigenvalue weighted by atomic mass is 79.9. The summed E-state index contributed by atoms with van der Waals surface area (Å²) in [5, 5.41) is 3.34. The van der Waals surface area contributed by atoms with E-state index in [1.165, 1.54) is 0 Å². The molecule has 1 N–H and O–H groups in total. The first-order valence-electron chi connectivity index (χ1n) is 6.21. The fourth-order valence-corrected chi connectivity index (χ4v) is 2.16. The predicted molar refractivity (Wildman–Crippen MR) is 83.5 cm³/mol. The molecule has 5 heteroatoms. The van der Waals surface area contributed by atoms with E-state index in [9.17, 15) is 0 Å². The SMILES string of the molecule is COc1cccc(CNc2cnc(Br)c(C)c2)c1OC. The van der Waals surface area contributed by atoms with Gasteiger partial charge in [-0.3, -0.25) is 0 Å². The molecule has 0 amide bonds. The summed E-state index contributed by atoms with van der Waals surface area (Å²) in [6.07, 6.45) is 1.80. The van der Waals surface area contributed by atoms with Crippen LogP contribution in [0.1, 0.15) is 11.1 Å². The van der Waals surface area contributed by atoms with Crippen molar-refractivity contribution in [2.75, 3.05) is 19.5 Å². The minimum absolute atomic E-state index is 0.642. The number of halogens is 1. The number of para-hydroxylation sites is 1. The van der Waals surface area contributed by atoms with Gasteiger partial charge in [0.05, 0.1) is 26.1 Å². The molecule has 0 saturated carbocycles. The molecule has 1 aromatic carbocycles. The van der Waals surface area contributed by atoms with Gasteiger partial charge in [-0.25, -0.2) is 4.98 Å². The van der Waals surface area contributed by atoms with Gasteiger partial charge >= 0.3 is 0 Å². The van der Waals surface area contributed by atoms with Gasteiger partial charge in [0.15, 0.2) is 11.5 Å². The lowest BCUT2D eigenvalue weighted by Gasteiger charge is -2.14. The second-order valence-corrected chi connectivity index (χ2v) is 5.09. The monoisotopic (exact) mass is 336 g/mol. The average Bonchev–Trinajstić information content (AvgIpc) is 2.47. The second kappa shape index (κ2) is 6.61. The molecule has 0 radical (unpaired) electrons. The first kappa shape index (κ1) is 14.7. The van der Waals surface area contributed by atoms with E-state index < -0.39 is 0 Å². The Morgan fingerprint density at radius 2 is 2.05 bits per heavy atom. The number of anilines is 1. The summed E-state index contributed by atoms with van der Waals surface area (Å²) in [7, 11) is 3.28. The van der Waals surface area contributed by atoms with Crippen molar-refractivity contribution < 1.29 is 9.47 Å². The molecule has 2 aromatic rings. The maximum absolute atomic E-state index is 5.41. The molecule has 1 heterocycles. The molecule has 0 aliphatic rings. The Morgan fingerprint density at radius 1 is 1.25 bits per heavy atom. The number of nitrogens with one attached hydrogen (secondary N) is 1. The van der Waals surface area contributed by atoms with Gasteiger partial charge in [0.1, 0.15) is 4.60 Å². The zero-order valence-corrected chi connectivity index (χ0v) is 13.3. The molecule has 0 fully saturated rings. The molecule has 2 rings (SSSR count). The Balaban J connectivity index is 2.16. The molecule has 106 valence electrons. The highest BCUT2D eigenvalue weighted by molar-refractivity contribution is 9.10. The number of rotatable bonds is 5. The topological polar surface area (TPSA) is 43.4 Å². The van der Waals surface area contributed by atoms with Crippen molar-refractivity contribution in [1.82, 2.24) is 4.98 Å². The second-order valence-electron chi connectivity index (χ2n) is 4.34. The Kier molecular flexibility index (Phi) is 4.84. The highest BCUT2D eigenvalue weighted by Gasteiger charge is 2.09. The summed E-state index contributed by atoms with van der Waals surface area (Å²) in [5.41, 5.74) is 3.09. The molecule has 20 heavy (non-hydrogen) atoms. The standard InChI is InChI=1S/C15H17BrN2O2/c1-10-7-12(9-18-15(10)16)17-8-11-5-4-6-13(19-2)14(11)20-3/h4-7,9,17H,8H2,1-3H3. The summed E-state index contributed by atoms with van der Waals surface area (Å²) in [4.78, 5) is 4.27. The van der Waals surface area contributed by atoms with Gasteiger partial charge in [0, 0.05) is 12.1 Å². The molecular formula is C15H17BrN2O2. The largest absolute Gasteiger partial charge is 0.493 e. The Morgan fingerprint density at radius 3 is 2.70 bits per heavy atom. The third kappa shape index (κ3) is 3.22. The van der Waals surface area contributed by atoms with Gasteiger partial charge in [-0.05, 0) is 40.5 Å². The number of aryl methyl sites for hydroxylation is 1. The van der Waals surface area contributed by atoms with Crippen LogP contribution in [0.5, 0.6) is 11.5 Å². The van der Waals surface area contributed by atoms with Crippen LogP contribution in [0, 0.1) is 6.92 Å². The minimum atomic E-state index is 0.642. The Labute approximate surface area is 127 Å². The lowest BCUT2D eigenvalue weighted by molar-refractivity contribution is 0.352. The van der Waals surface area contributed by atoms with Crippen LogP contribution in [0.2, 0.25) is 0 Å². The molecule has 0 spiro atoms. The summed E-state index contributed by atoms with van der Waals surface area (Å²) in [5.74, 6) is 1.49. The smallest absolute Gasteiger partial charge is 0.165 e. The van der Waals surface area contributed by atoms with Crippen molar-refractivity contribution in [1.29, 1.82) is 0 Å². The van der Waals surface area contributed by atoms with E-state index in [1.54, 1.807) is 20.4 Å². The van der Waals surface area contributed by atoms with Crippen molar-refractivity contribution in [3.05, 3.63) is 46.2 Å². The molecule has 0 aliphatic carbocycles. The third-order valence-electron chi connectivity index (χ3n) is 2.98. The predicted octanol–water partition coefficient (Wildman–Crippen LogP) is 3.78. The van der Waals surface area contributed by atoms with E-state index in [1.807, 2.05) is 31.2 Å². The minimum Gasteiger partial charge on any atom is -0.493 e. The zero-order chi connectivity index (χ0) is 14.5. The van der Waals surface area contributed by atoms with Crippen molar-refractivity contribution in [3.63, 3.8) is 0 Å². The van der Waals surface area contributed by atoms with Crippen LogP contribution in [-0.2, 0) is 6.54 Å². The van der Waals surface area contributed by atoms with Gasteiger partial charge in [0.25, 0.3) is 0 Å². The fraction of sp³-hybridized carbons (Fsp3) is 0.267. The summed E-state index contributed by atoms with van der Waals surface area (Å²) < 4.78 is 11.6. The van der Waals surface area contributed by atoms with Crippen LogP contribution < -0.4 is 14.8 Å². The van der Waals surface area contributed by atoms with E-state index in [-0.39, 0.29) is 0 Å². The van der Waals surface area contributed by atoms with Gasteiger partial charge in [-0.2, -0.15) is 0 Å². The van der Waals surface area contributed by atoms with Gasteiger partial charge in [-0.1, -0.05) is 12.1 Å². The number of ether oxygens (including phenoxy) is 2. The zero-order valence-electron chi connectivity index (χ0n) is 11.7. The van der Waals surface area contributed by atoms with Gasteiger partial charge < -0.3 is 14.8 Å². The lowest BCUT2D eigenvalue weighted by Crippen LogP contribution is -2.03. The number of pyridine rings is 1. The first-order chi connectivity index (χ1) is 9.65. The van der Waals surface area contributed by atoms with Crippen molar-refractivity contribution in [3.8, 4) is 11.5 Å². The number of hydrogen-bond donors (Lipinski definition) is 1. The lowest BCUT2D eigenvalue weighted by atomic mass is 10.1. The number of benzene rings is 1. The molecule has 4 nitrogen and oxygen atoms in total. The van der Waals surface area contributed by atoms with E-state index in [2.05, 4.69) is 26.2 Å². The Bertz CT molecular complexity index is 602. The van der Waals surface area contributed by atoms with Crippen molar-refractivity contribution in [2.45, 2.75) is 13.5 Å². The maximum Gasteiger partial charge on any atom is 0.165 e. The van der Waals surface area contributed by atoms with Crippen LogP contribution in [0.4, 0.5) is 5.69 Å². The molecule has 0 unspecified atom stereocenters. The maximum atomic E-state index is 5.41. The summed E-state index contributed by atoms with van der Waals surface area (Å²) >= 11 is 3.39. The van der Waals surface area contributed by atoms with E-state index >= 15 is 0 Å². The number of hydrogen-bond acceptors (Lipinski definition) is 4. The van der Waals surface area contributed by atoms with E-state index in [0.29, 0.717) is 6.54 Å². The van der Waals surface area contributed by atoms with Crippen molar-refractivity contribution in [2.24, 2.45) is 0 Å². The van der Waals surface area contributed by atoms with Crippen LogP contribution >= 0.6 is 15.9 Å². The van der Waals surface area contributed by atoms with Crippen LogP contribution in [-0.4, -0.2) is 19.2 Å². The normalized spacial score (nSPS) is 10.2. The summed E-state index contributed by atoms with van der Waals surface area (Å²) in [6, 6.07) is 7.88. The number of methoxy groups -OCH3 is 2. The number of nitrogens with zero attached hydrogens (tertiary/aromatic N) is 1. The van der Waals surface area contributed by atoms with Crippen LogP contribution in [0.3, 0.4) is 0 Å². The van der Waals surface area contributed by atoms with E-state index in [0.717, 1.165) is 32.9 Å². The summed E-state index contributed by atoms with van der Waals surface area (Å²) in [6.45, 7) is 2.65. The van der Waals surface area contributed by atoms with Crippen LogP contribution in [0.25, 0.3) is 0 Å². The quantitative estimate of drug-likeness (QED) is 0.844. The molecule has 0 saturated heterocycles. The first-order valence-corrected chi connectivity index (χ1v) is 7.01.